The molecule has 0 aliphatic heterocycles. The number of benzene rings is 2. The van der Waals surface area contributed by atoms with Gasteiger partial charge in [0.25, 0.3) is 0 Å². The molecular weight excluding hydrogens is 321 g/mol. The Labute approximate surface area is 144 Å². The fourth-order valence-electron chi connectivity index (χ4n) is 2.35. The number of rotatable bonds is 5. The summed E-state index contributed by atoms with van der Waals surface area (Å²) in [5.41, 5.74) is 1.15. The topological polar surface area (TPSA) is 68.0 Å². The fourth-order valence-corrected chi connectivity index (χ4v) is 2.35. The summed E-state index contributed by atoms with van der Waals surface area (Å²) < 4.78 is 19.1. The van der Waals surface area contributed by atoms with E-state index in [0.29, 0.717) is 5.89 Å². The van der Waals surface area contributed by atoms with Crippen molar-refractivity contribution in [3.63, 3.8) is 0 Å². The van der Waals surface area contributed by atoms with Crippen LogP contribution in [0.4, 0.5) is 4.39 Å². The number of aromatic nitrogens is 2. The van der Waals surface area contributed by atoms with Gasteiger partial charge in [-0.1, -0.05) is 53.7 Å². The number of nitrogens with zero attached hydrogens (tertiary/aromatic N) is 2. The molecule has 0 aliphatic carbocycles. The molecular formula is C19H16FN3O2. The molecule has 0 aliphatic rings. The molecule has 126 valence electrons. The summed E-state index contributed by atoms with van der Waals surface area (Å²) in [7, 11) is 0. The van der Waals surface area contributed by atoms with Crippen LogP contribution in [0.15, 0.2) is 65.2 Å². The Kier molecular flexibility index (Phi) is 4.99. The lowest BCUT2D eigenvalue weighted by Crippen LogP contribution is -2.29. The summed E-state index contributed by atoms with van der Waals surface area (Å²) in [5, 5.41) is 6.54. The summed E-state index contributed by atoms with van der Waals surface area (Å²) in [6.07, 6.45) is 3.06. The van der Waals surface area contributed by atoms with Gasteiger partial charge in [-0.05, 0) is 17.7 Å². The minimum Gasteiger partial charge on any atom is -0.340 e. The summed E-state index contributed by atoms with van der Waals surface area (Å²) in [6.45, 7) is 1.63. The number of amides is 1. The number of aryl methyl sites for hydroxylation is 1. The van der Waals surface area contributed by atoms with Crippen molar-refractivity contribution in [2.75, 3.05) is 0 Å². The first-order valence-electron chi connectivity index (χ1n) is 7.72. The predicted octanol–water partition coefficient (Wildman–Crippen LogP) is 3.44. The molecule has 25 heavy (non-hydrogen) atoms. The third kappa shape index (κ3) is 4.17. The van der Waals surface area contributed by atoms with Crippen LogP contribution in [0.1, 0.15) is 28.9 Å². The first-order valence-corrected chi connectivity index (χ1v) is 7.72. The SMILES string of the molecule is Cc1nc([C@@H](NC(=O)/C=C\c2ccccc2)c2ccccc2F)no1. The molecule has 1 atom stereocenters. The molecule has 0 unspecified atom stereocenters. The van der Waals surface area contributed by atoms with E-state index < -0.39 is 11.9 Å². The van der Waals surface area contributed by atoms with Crippen molar-refractivity contribution in [3.05, 3.63) is 89.3 Å². The molecule has 6 heteroatoms. The Bertz CT molecular complexity index is 890. The van der Waals surface area contributed by atoms with Crippen LogP contribution >= 0.6 is 0 Å². The van der Waals surface area contributed by atoms with E-state index in [1.165, 1.54) is 12.1 Å². The van der Waals surface area contributed by atoms with Gasteiger partial charge in [-0.2, -0.15) is 4.98 Å². The van der Waals surface area contributed by atoms with E-state index in [-0.39, 0.29) is 17.3 Å². The molecule has 3 rings (SSSR count). The molecule has 0 bridgehead atoms. The average molecular weight is 337 g/mol. The van der Waals surface area contributed by atoms with Gasteiger partial charge in [0.05, 0.1) is 0 Å². The lowest BCUT2D eigenvalue weighted by molar-refractivity contribution is -0.117. The monoisotopic (exact) mass is 337 g/mol. The number of carbonyl (C=O) groups is 1. The van der Waals surface area contributed by atoms with Crippen LogP contribution in [0.25, 0.3) is 6.08 Å². The molecule has 1 amide bonds. The van der Waals surface area contributed by atoms with Crippen molar-refractivity contribution in [1.29, 1.82) is 0 Å². The summed E-state index contributed by atoms with van der Waals surface area (Å²) in [5.74, 6) is -0.309. The maximum atomic E-state index is 14.2. The molecule has 2 aromatic carbocycles. The van der Waals surface area contributed by atoms with Gasteiger partial charge in [-0.25, -0.2) is 4.39 Å². The van der Waals surface area contributed by atoms with Gasteiger partial charge in [-0.3, -0.25) is 4.79 Å². The second-order valence-electron chi connectivity index (χ2n) is 5.38. The standard InChI is InChI=1S/C19H16FN3O2/c1-13-21-19(23-25-13)18(15-9-5-6-10-16(15)20)22-17(24)12-11-14-7-3-2-4-8-14/h2-12,18H,1H3,(H,22,24)/b12-11-/t18-/m0/s1. The lowest BCUT2D eigenvalue weighted by atomic mass is 10.1. The normalized spacial score (nSPS) is 12.2. The highest BCUT2D eigenvalue weighted by Crippen LogP contribution is 2.22. The number of carbonyl (C=O) groups excluding carboxylic acids is 1. The number of hydrogen-bond acceptors (Lipinski definition) is 4. The Balaban J connectivity index is 1.84. The molecule has 0 spiro atoms. The quantitative estimate of drug-likeness (QED) is 0.724. The first kappa shape index (κ1) is 16.6. The van der Waals surface area contributed by atoms with Gasteiger partial charge in [-0.15, -0.1) is 0 Å². The van der Waals surface area contributed by atoms with Gasteiger partial charge in [0.15, 0.2) is 5.82 Å². The van der Waals surface area contributed by atoms with E-state index in [2.05, 4.69) is 15.5 Å². The Hall–Kier alpha value is -3.28. The number of hydrogen-bond donors (Lipinski definition) is 1. The van der Waals surface area contributed by atoms with E-state index in [4.69, 9.17) is 4.52 Å². The highest BCUT2D eigenvalue weighted by Gasteiger charge is 2.23. The van der Waals surface area contributed by atoms with Crippen molar-refractivity contribution < 1.29 is 13.7 Å². The molecule has 0 fully saturated rings. The molecule has 1 heterocycles. The second kappa shape index (κ2) is 7.53. The van der Waals surface area contributed by atoms with Crippen molar-refractivity contribution in [1.82, 2.24) is 15.5 Å². The Morgan fingerprint density at radius 3 is 2.56 bits per heavy atom. The Morgan fingerprint density at radius 2 is 1.88 bits per heavy atom. The molecule has 0 radical (unpaired) electrons. The van der Waals surface area contributed by atoms with Crippen LogP contribution in [0.5, 0.6) is 0 Å². The third-order valence-corrected chi connectivity index (χ3v) is 3.53. The van der Waals surface area contributed by atoms with Gasteiger partial charge >= 0.3 is 0 Å². The molecule has 0 saturated heterocycles. The maximum Gasteiger partial charge on any atom is 0.244 e. The van der Waals surface area contributed by atoms with Gasteiger partial charge in [0.2, 0.25) is 11.8 Å². The summed E-state index contributed by atoms with van der Waals surface area (Å²) in [4.78, 5) is 16.4. The van der Waals surface area contributed by atoms with E-state index in [1.54, 1.807) is 31.2 Å². The molecule has 1 N–H and O–H groups in total. The molecule has 3 aromatic rings. The van der Waals surface area contributed by atoms with Crippen molar-refractivity contribution in [2.24, 2.45) is 0 Å². The van der Waals surface area contributed by atoms with Gasteiger partial charge < -0.3 is 9.84 Å². The average Bonchev–Trinajstić information content (AvgIpc) is 3.06. The highest BCUT2D eigenvalue weighted by molar-refractivity contribution is 5.92. The zero-order valence-electron chi connectivity index (χ0n) is 13.5. The molecule has 0 saturated carbocycles. The van der Waals surface area contributed by atoms with E-state index in [9.17, 15) is 9.18 Å². The van der Waals surface area contributed by atoms with Crippen molar-refractivity contribution in [3.8, 4) is 0 Å². The minimum atomic E-state index is -0.841. The van der Waals surface area contributed by atoms with E-state index in [1.807, 2.05) is 30.3 Å². The zero-order chi connectivity index (χ0) is 17.6. The smallest absolute Gasteiger partial charge is 0.244 e. The summed E-state index contributed by atoms with van der Waals surface area (Å²) >= 11 is 0. The van der Waals surface area contributed by atoms with Gasteiger partial charge in [0.1, 0.15) is 11.9 Å². The number of nitrogens with one attached hydrogen (secondary N) is 1. The predicted molar refractivity (Wildman–Crippen MR) is 90.9 cm³/mol. The van der Waals surface area contributed by atoms with Gasteiger partial charge in [0, 0.05) is 18.6 Å². The van der Waals surface area contributed by atoms with Crippen molar-refractivity contribution >= 4 is 12.0 Å². The Morgan fingerprint density at radius 1 is 1.16 bits per heavy atom. The van der Waals surface area contributed by atoms with E-state index in [0.717, 1.165) is 5.56 Å². The first-order chi connectivity index (χ1) is 12.1. The van der Waals surface area contributed by atoms with E-state index >= 15 is 0 Å². The van der Waals surface area contributed by atoms with Crippen LogP contribution < -0.4 is 5.32 Å². The molecule has 5 nitrogen and oxygen atoms in total. The third-order valence-electron chi connectivity index (χ3n) is 3.53. The van der Waals surface area contributed by atoms with Crippen LogP contribution in [0.2, 0.25) is 0 Å². The largest absolute Gasteiger partial charge is 0.340 e. The van der Waals surface area contributed by atoms with Crippen LogP contribution in [0.3, 0.4) is 0 Å². The van der Waals surface area contributed by atoms with Crippen LogP contribution in [-0.2, 0) is 4.79 Å². The summed E-state index contributed by atoms with van der Waals surface area (Å²) in [6, 6.07) is 14.7. The fraction of sp³-hybridized carbons (Fsp3) is 0.105. The lowest BCUT2D eigenvalue weighted by Gasteiger charge is -2.15. The molecule has 1 aromatic heterocycles. The van der Waals surface area contributed by atoms with Crippen LogP contribution in [-0.4, -0.2) is 16.0 Å². The zero-order valence-corrected chi connectivity index (χ0v) is 13.5. The van der Waals surface area contributed by atoms with Crippen LogP contribution in [0, 0.1) is 12.7 Å². The highest BCUT2D eigenvalue weighted by atomic mass is 19.1. The number of halogens is 1. The second-order valence-corrected chi connectivity index (χ2v) is 5.38. The maximum absolute atomic E-state index is 14.2. The minimum absolute atomic E-state index is 0.198. The van der Waals surface area contributed by atoms with Crippen molar-refractivity contribution in [2.45, 2.75) is 13.0 Å².